The lowest BCUT2D eigenvalue weighted by molar-refractivity contribution is -0.119. The highest BCUT2D eigenvalue weighted by atomic mass is 32.2. The van der Waals surface area contributed by atoms with Crippen LogP contribution in [-0.2, 0) is 14.8 Å². The molecule has 2 aromatic rings. The van der Waals surface area contributed by atoms with Crippen LogP contribution in [0.15, 0.2) is 30.6 Å². The molecule has 1 saturated carbocycles. The maximum atomic E-state index is 12.7. The van der Waals surface area contributed by atoms with Crippen LogP contribution in [0.3, 0.4) is 0 Å². The van der Waals surface area contributed by atoms with E-state index in [0.29, 0.717) is 18.5 Å². The van der Waals surface area contributed by atoms with Gasteiger partial charge in [0.1, 0.15) is 5.75 Å². The van der Waals surface area contributed by atoms with Gasteiger partial charge in [-0.2, -0.15) is 5.10 Å². The third-order valence-corrected chi connectivity index (χ3v) is 6.00. The van der Waals surface area contributed by atoms with Crippen molar-refractivity contribution in [1.29, 1.82) is 0 Å². The molecule has 0 aliphatic heterocycles. The average Bonchev–Trinajstić information content (AvgIpc) is 3.04. The molecule has 2 unspecified atom stereocenters. The van der Waals surface area contributed by atoms with E-state index in [-0.39, 0.29) is 23.3 Å². The minimum atomic E-state index is -3.84. The summed E-state index contributed by atoms with van der Waals surface area (Å²) in [5.41, 5.74) is 1.05. The zero-order chi connectivity index (χ0) is 19.8. The SMILES string of the molecule is CC1(C)C(CNC(=O)CS(N)(=O)=O)CC1NC(=O)c1cccn2nccc12. The number of hydrogen-bond acceptors (Lipinski definition) is 5. The molecule has 0 radical (unpaired) electrons. The lowest BCUT2D eigenvalue weighted by Crippen LogP contribution is -2.60. The number of nitrogens with one attached hydrogen (secondary N) is 2. The smallest absolute Gasteiger partial charge is 0.253 e. The summed E-state index contributed by atoms with van der Waals surface area (Å²) in [6.45, 7) is 4.36. The van der Waals surface area contributed by atoms with Crippen LogP contribution < -0.4 is 15.8 Å². The van der Waals surface area contributed by atoms with Gasteiger partial charge in [-0.1, -0.05) is 13.8 Å². The van der Waals surface area contributed by atoms with Gasteiger partial charge in [0.15, 0.2) is 0 Å². The monoisotopic (exact) mass is 393 g/mol. The molecule has 10 heteroatoms. The number of fused-ring (bicyclic) bond motifs is 1. The predicted molar refractivity (Wildman–Crippen MR) is 99.3 cm³/mol. The van der Waals surface area contributed by atoms with E-state index in [2.05, 4.69) is 15.7 Å². The fourth-order valence-electron chi connectivity index (χ4n) is 3.46. The number of rotatable bonds is 6. The number of nitrogens with zero attached hydrogens (tertiary/aromatic N) is 2. The Balaban J connectivity index is 1.58. The Hall–Kier alpha value is -2.46. The van der Waals surface area contributed by atoms with Gasteiger partial charge in [-0.3, -0.25) is 9.59 Å². The molecule has 2 atom stereocenters. The summed E-state index contributed by atoms with van der Waals surface area (Å²) in [6, 6.07) is 5.26. The van der Waals surface area contributed by atoms with Crippen LogP contribution in [0, 0.1) is 11.3 Å². The first-order valence-corrected chi connectivity index (χ1v) is 10.3. The van der Waals surface area contributed by atoms with E-state index >= 15 is 0 Å². The number of pyridine rings is 1. The summed E-state index contributed by atoms with van der Waals surface area (Å²) in [5, 5.41) is 14.6. The van der Waals surface area contributed by atoms with Gasteiger partial charge in [0.2, 0.25) is 15.9 Å². The normalized spacial score (nSPS) is 21.4. The van der Waals surface area contributed by atoms with E-state index in [1.807, 2.05) is 13.8 Å². The number of carbonyl (C=O) groups excluding carboxylic acids is 2. The Labute approximate surface area is 157 Å². The van der Waals surface area contributed by atoms with E-state index in [1.54, 1.807) is 35.1 Å². The van der Waals surface area contributed by atoms with Gasteiger partial charge in [-0.25, -0.2) is 18.1 Å². The predicted octanol–water partition coefficient (Wildman–Crippen LogP) is -0.116. The lowest BCUT2D eigenvalue weighted by Gasteiger charge is -2.52. The van der Waals surface area contributed by atoms with Crippen LogP contribution in [0.25, 0.3) is 5.52 Å². The van der Waals surface area contributed by atoms with Gasteiger partial charge in [0.05, 0.1) is 17.3 Å². The molecule has 0 bridgehead atoms. The van der Waals surface area contributed by atoms with E-state index < -0.39 is 21.7 Å². The van der Waals surface area contributed by atoms with Gasteiger partial charge < -0.3 is 10.6 Å². The molecule has 0 saturated heterocycles. The number of carbonyl (C=O) groups is 2. The van der Waals surface area contributed by atoms with Crippen molar-refractivity contribution in [3.63, 3.8) is 0 Å². The van der Waals surface area contributed by atoms with Crippen molar-refractivity contribution in [1.82, 2.24) is 20.2 Å². The Morgan fingerprint density at radius 1 is 1.37 bits per heavy atom. The number of aromatic nitrogens is 2. The molecule has 0 spiro atoms. The quantitative estimate of drug-likeness (QED) is 0.629. The molecule has 2 heterocycles. The lowest BCUT2D eigenvalue weighted by atomic mass is 9.58. The van der Waals surface area contributed by atoms with E-state index in [0.717, 1.165) is 5.52 Å². The van der Waals surface area contributed by atoms with Crippen LogP contribution in [0.1, 0.15) is 30.6 Å². The fourth-order valence-corrected chi connectivity index (χ4v) is 3.93. The molecule has 27 heavy (non-hydrogen) atoms. The zero-order valence-electron chi connectivity index (χ0n) is 15.2. The summed E-state index contributed by atoms with van der Waals surface area (Å²) in [6.07, 6.45) is 4.11. The summed E-state index contributed by atoms with van der Waals surface area (Å²) in [4.78, 5) is 24.3. The zero-order valence-corrected chi connectivity index (χ0v) is 16.0. The topological polar surface area (TPSA) is 136 Å². The highest BCUT2D eigenvalue weighted by molar-refractivity contribution is 7.89. The Morgan fingerprint density at radius 2 is 2.11 bits per heavy atom. The van der Waals surface area contributed by atoms with Crippen LogP contribution in [0.5, 0.6) is 0 Å². The third kappa shape index (κ3) is 4.11. The molecular weight excluding hydrogens is 370 g/mol. The first-order valence-electron chi connectivity index (χ1n) is 8.58. The second-order valence-electron chi connectivity index (χ2n) is 7.47. The molecule has 9 nitrogen and oxygen atoms in total. The largest absolute Gasteiger partial charge is 0.355 e. The van der Waals surface area contributed by atoms with E-state index in [4.69, 9.17) is 5.14 Å². The van der Waals surface area contributed by atoms with Crippen molar-refractivity contribution in [2.24, 2.45) is 16.5 Å². The number of amides is 2. The summed E-state index contributed by atoms with van der Waals surface area (Å²) in [7, 11) is -3.84. The Kier molecular flexibility index (Phi) is 4.96. The number of primary sulfonamides is 1. The minimum Gasteiger partial charge on any atom is -0.355 e. The first kappa shape index (κ1) is 19.3. The molecule has 146 valence electrons. The highest BCUT2D eigenvalue weighted by Crippen LogP contribution is 2.45. The Morgan fingerprint density at radius 3 is 2.78 bits per heavy atom. The van der Waals surface area contributed by atoms with Crippen LogP contribution in [0.2, 0.25) is 0 Å². The van der Waals surface area contributed by atoms with Crippen molar-refractivity contribution in [2.45, 2.75) is 26.3 Å². The number of nitrogens with two attached hydrogens (primary N) is 1. The van der Waals surface area contributed by atoms with E-state index in [1.165, 1.54) is 0 Å². The second kappa shape index (κ2) is 6.93. The standard InChI is InChI=1S/C17H23N5O4S/c1-17(2)11(9-19-15(23)10-27(18,25)26)8-14(17)21-16(24)12-4-3-7-22-13(12)5-6-20-22/h3-7,11,14H,8-10H2,1-2H3,(H,19,23)(H,21,24)(H2,18,25,26). The van der Waals surface area contributed by atoms with Crippen molar-refractivity contribution < 1.29 is 18.0 Å². The average molecular weight is 393 g/mol. The molecule has 1 aliphatic rings. The molecule has 2 aromatic heterocycles. The van der Waals surface area contributed by atoms with Gasteiger partial charge in [-0.05, 0) is 36.0 Å². The highest BCUT2D eigenvalue weighted by Gasteiger charge is 2.48. The van der Waals surface area contributed by atoms with Crippen LogP contribution in [-0.4, -0.2) is 48.2 Å². The maximum Gasteiger partial charge on any atom is 0.253 e. The van der Waals surface area contributed by atoms with Crippen LogP contribution in [0.4, 0.5) is 0 Å². The summed E-state index contributed by atoms with van der Waals surface area (Å²) in [5.74, 6) is -1.39. The molecule has 1 aliphatic carbocycles. The van der Waals surface area contributed by atoms with Gasteiger partial charge in [-0.15, -0.1) is 0 Å². The van der Waals surface area contributed by atoms with Gasteiger partial charge in [0, 0.05) is 18.8 Å². The van der Waals surface area contributed by atoms with E-state index in [9.17, 15) is 18.0 Å². The molecule has 2 amide bonds. The Bertz CT molecular complexity index is 982. The number of sulfonamides is 1. The molecule has 1 fully saturated rings. The molecule has 4 N–H and O–H groups in total. The summed E-state index contributed by atoms with van der Waals surface area (Å²) >= 11 is 0. The summed E-state index contributed by atoms with van der Waals surface area (Å²) < 4.78 is 23.5. The maximum absolute atomic E-state index is 12.7. The molecular formula is C17H23N5O4S. The van der Waals surface area contributed by atoms with Gasteiger partial charge in [0.25, 0.3) is 5.91 Å². The molecule has 0 aromatic carbocycles. The number of hydrogen-bond donors (Lipinski definition) is 3. The van der Waals surface area contributed by atoms with Crippen molar-refractivity contribution in [3.05, 3.63) is 36.2 Å². The van der Waals surface area contributed by atoms with Crippen molar-refractivity contribution >= 4 is 27.4 Å². The first-order chi connectivity index (χ1) is 12.6. The third-order valence-electron chi connectivity index (χ3n) is 5.33. The van der Waals surface area contributed by atoms with Crippen molar-refractivity contribution in [3.8, 4) is 0 Å². The molecule has 3 rings (SSSR count). The van der Waals surface area contributed by atoms with Crippen molar-refractivity contribution in [2.75, 3.05) is 12.3 Å². The van der Waals surface area contributed by atoms with Gasteiger partial charge >= 0.3 is 0 Å². The minimum absolute atomic E-state index is 0.0479. The second-order valence-corrected chi connectivity index (χ2v) is 9.09. The fraction of sp³-hybridized carbons (Fsp3) is 0.471. The van der Waals surface area contributed by atoms with Crippen LogP contribution >= 0.6 is 0 Å².